The molecule has 0 aromatic heterocycles. The van der Waals surface area contributed by atoms with Crippen LogP contribution in [0.5, 0.6) is 0 Å². The van der Waals surface area contributed by atoms with E-state index in [1.165, 1.54) is 0 Å². The van der Waals surface area contributed by atoms with Crippen LogP contribution >= 0.6 is 0 Å². The van der Waals surface area contributed by atoms with Gasteiger partial charge in [0.1, 0.15) is 12.1 Å². The average molecular weight is 492 g/mol. The number of nitrogens with zero attached hydrogens (tertiary/aromatic N) is 1. The molecule has 0 heterocycles. The maximum Gasteiger partial charge on any atom is 0.326 e. The number of carboxylic acid groups (broad SMARTS) is 1. The van der Waals surface area contributed by atoms with Crippen LogP contribution in [0.3, 0.4) is 0 Å². The number of aliphatic imine (C=N–C) groups is 1. The van der Waals surface area contributed by atoms with E-state index >= 15 is 0 Å². The van der Waals surface area contributed by atoms with Gasteiger partial charge in [0.25, 0.3) is 0 Å². The maximum absolute atomic E-state index is 12.7. The molecule has 194 valence electrons. The molecule has 0 spiro atoms. The highest BCUT2D eigenvalue weighted by Gasteiger charge is 2.25. The Labute approximate surface area is 205 Å². The van der Waals surface area contributed by atoms with Crippen LogP contribution in [0, 0.1) is 5.92 Å². The van der Waals surface area contributed by atoms with Crippen molar-refractivity contribution in [2.75, 3.05) is 13.1 Å². The Morgan fingerprint density at radius 3 is 2.23 bits per heavy atom. The Morgan fingerprint density at radius 2 is 1.66 bits per heavy atom. The normalized spacial score (nSPS) is 13.3. The lowest BCUT2D eigenvalue weighted by atomic mass is 10.0. The summed E-state index contributed by atoms with van der Waals surface area (Å²) in [5, 5.41) is 16.9. The zero-order valence-electron chi connectivity index (χ0n) is 20.2. The first-order valence-electron chi connectivity index (χ1n) is 11.4. The molecule has 12 heteroatoms. The quantitative estimate of drug-likeness (QED) is 0.0898. The second-order valence-corrected chi connectivity index (χ2v) is 8.61. The summed E-state index contributed by atoms with van der Waals surface area (Å²) in [6.07, 6.45) is 1.12. The van der Waals surface area contributed by atoms with Crippen LogP contribution in [0.4, 0.5) is 0 Å². The van der Waals surface area contributed by atoms with Crippen molar-refractivity contribution in [3.63, 3.8) is 0 Å². The second kappa shape index (κ2) is 15.3. The number of hydrogen-bond donors (Lipinski definition) is 7. The van der Waals surface area contributed by atoms with Gasteiger partial charge in [-0.1, -0.05) is 44.2 Å². The molecule has 0 bridgehead atoms. The molecular weight excluding hydrogens is 454 g/mol. The molecule has 1 aromatic carbocycles. The number of hydrogen-bond acceptors (Lipinski definition) is 6. The molecule has 3 unspecified atom stereocenters. The number of carbonyl (C=O) groups excluding carboxylic acids is 3. The molecule has 1 rings (SSSR count). The Balaban J connectivity index is 2.71. The van der Waals surface area contributed by atoms with Gasteiger partial charge in [-0.2, -0.15) is 0 Å². The summed E-state index contributed by atoms with van der Waals surface area (Å²) in [4.78, 5) is 52.9. The lowest BCUT2D eigenvalue weighted by molar-refractivity contribution is -0.141. The van der Waals surface area contributed by atoms with Gasteiger partial charge in [-0.25, -0.2) is 4.79 Å². The number of carboxylic acids is 1. The Hall–Kier alpha value is -3.67. The van der Waals surface area contributed by atoms with Crippen LogP contribution in [0.1, 0.15) is 38.7 Å². The average Bonchev–Trinajstić information content (AvgIpc) is 2.78. The van der Waals surface area contributed by atoms with Crippen molar-refractivity contribution in [3.05, 3.63) is 35.9 Å². The van der Waals surface area contributed by atoms with Gasteiger partial charge in [0.2, 0.25) is 17.7 Å². The zero-order valence-corrected chi connectivity index (χ0v) is 20.2. The van der Waals surface area contributed by atoms with Crippen molar-refractivity contribution < 1.29 is 24.3 Å². The number of carbonyl (C=O) groups is 4. The molecular formula is C23H37N7O5. The molecule has 0 aliphatic heterocycles. The maximum atomic E-state index is 12.7. The molecule has 10 N–H and O–H groups in total. The third-order valence-electron chi connectivity index (χ3n) is 4.98. The lowest BCUT2D eigenvalue weighted by Crippen LogP contribution is -2.53. The molecule has 3 atom stereocenters. The zero-order chi connectivity index (χ0) is 26.4. The van der Waals surface area contributed by atoms with Gasteiger partial charge in [-0.3, -0.25) is 19.4 Å². The third-order valence-corrected chi connectivity index (χ3v) is 4.98. The predicted octanol–water partition coefficient (Wildman–Crippen LogP) is -1.17. The van der Waals surface area contributed by atoms with E-state index in [1.807, 2.05) is 13.8 Å². The molecule has 0 radical (unpaired) electrons. The summed E-state index contributed by atoms with van der Waals surface area (Å²) in [5.41, 5.74) is 17.3. The van der Waals surface area contributed by atoms with Crippen LogP contribution in [-0.2, 0) is 25.6 Å². The van der Waals surface area contributed by atoms with Gasteiger partial charge in [0.15, 0.2) is 5.96 Å². The number of aliphatic carboxylic acids is 1. The summed E-state index contributed by atoms with van der Waals surface area (Å²) in [7, 11) is 0. The van der Waals surface area contributed by atoms with Crippen molar-refractivity contribution in [3.8, 4) is 0 Å². The van der Waals surface area contributed by atoms with E-state index in [2.05, 4.69) is 20.9 Å². The fraction of sp³-hybridized carbons (Fsp3) is 0.522. The van der Waals surface area contributed by atoms with E-state index in [9.17, 15) is 24.3 Å². The topological polar surface area (TPSA) is 215 Å². The van der Waals surface area contributed by atoms with Crippen LogP contribution in [0.15, 0.2) is 35.3 Å². The van der Waals surface area contributed by atoms with E-state index in [4.69, 9.17) is 17.2 Å². The van der Waals surface area contributed by atoms with Gasteiger partial charge in [-0.15, -0.1) is 0 Å². The Bertz CT molecular complexity index is 872. The summed E-state index contributed by atoms with van der Waals surface area (Å²) < 4.78 is 0. The van der Waals surface area contributed by atoms with Crippen molar-refractivity contribution in [2.45, 2.75) is 57.7 Å². The Morgan fingerprint density at radius 1 is 1.00 bits per heavy atom. The summed E-state index contributed by atoms with van der Waals surface area (Å²) in [6.45, 7) is 3.64. The smallest absolute Gasteiger partial charge is 0.326 e. The standard InChI is InChI=1S/C23H37N7O5/c1-14(2)11-16(24)20(32)30-17(9-6-10-27-23(25)26)21(33)28-13-19(31)29-18(22(34)35)12-15-7-4-3-5-8-15/h3-5,7-8,14,16-18H,6,9-13,24H2,1-2H3,(H,28,33)(H,29,31)(H,30,32)(H,34,35)(H4,25,26,27). The van der Waals surface area contributed by atoms with E-state index in [1.54, 1.807) is 30.3 Å². The summed E-state index contributed by atoms with van der Waals surface area (Å²) >= 11 is 0. The molecule has 35 heavy (non-hydrogen) atoms. The molecule has 0 aliphatic carbocycles. The number of rotatable bonds is 15. The minimum Gasteiger partial charge on any atom is -0.480 e. The summed E-state index contributed by atoms with van der Waals surface area (Å²) in [6, 6.07) is 5.92. The van der Waals surface area contributed by atoms with E-state index < -0.39 is 48.4 Å². The van der Waals surface area contributed by atoms with E-state index in [0.29, 0.717) is 12.8 Å². The second-order valence-electron chi connectivity index (χ2n) is 8.61. The number of benzene rings is 1. The fourth-order valence-electron chi connectivity index (χ4n) is 3.25. The van der Waals surface area contributed by atoms with Gasteiger partial charge in [0, 0.05) is 13.0 Å². The third kappa shape index (κ3) is 12.4. The van der Waals surface area contributed by atoms with Crippen molar-refractivity contribution in [1.29, 1.82) is 0 Å². The number of amides is 3. The Kier molecular flexibility index (Phi) is 12.8. The first-order valence-corrected chi connectivity index (χ1v) is 11.4. The molecule has 12 nitrogen and oxygen atoms in total. The molecule has 0 saturated heterocycles. The minimum atomic E-state index is -1.20. The number of guanidine groups is 1. The van der Waals surface area contributed by atoms with Crippen molar-refractivity contribution in [2.24, 2.45) is 28.1 Å². The first-order chi connectivity index (χ1) is 16.5. The molecule has 3 amide bonds. The minimum absolute atomic E-state index is 0.0887. The highest BCUT2D eigenvalue weighted by atomic mass is 16.4. The van der Waals surface area contributed by atoms with Crippen LogP contribution in [0.25, 0.3) is 0 Å². The van der Waals surface area contributed by atoms with Crippen LogP contribution < -0.4 is 33.2 Å². The molecule has 0 saturated carbocycles. The largest absolute Gasteiger partial charge is 0.480 e. The van der Waals surface area contributed by atoms with Gasteiger partial charge >= 0.3 is 5.97 Å². The monoisotopic (exact) mass is 491 g/mol. The lowest BCUT2D eigenvalue weighted by Gasteiger charge is -2.21. The number of nitrogens with two attached hydrogens (primary N) is 3. The highest BCUT2D eigenvalue weighted by Crippen LogP contribution is 2.06. The van der Waals surface area contributed by atoms with Crippen LogP contribution in [0.2, 0.25) is 0 Å². The van der Waals surface area contributed by atoms with Crippen molar-refractivity contribution >= 4 is 29.7 Å². The summed E-state index contributed by atoms with van der Waals surface area (Å²) in [5.74, 6) is -2.87. The van der Waals surface area contributed by atoms with Gasteiger partial charge in [0.05, 0.1) is 12.6 Å². The van der Waals surface area contributed by atoms with Crippen LogP contribution in [-0.4, -0.2) is 66.0 Å². The van der Waals surface area contributed by atoms with Gasteiger partial charge < -0.3 is 38.3 Å². The number of nitrogens with one attached hydrogen (secondary N) is 3. The SMILES string of the molecule is CC(C)CC(N)C(=O)NC(CCCN=C(N)N)C(=O)NCC(=O)NC(Cc1ccccc1)C(=O)O. The molecule has 0 aliphatic rings. The van der Waals surface area contributed by atoms with Gasteiger partial charge in [-0.05, 0) is 30.7 Å². The van der Waals surface area contributed by atoms with Crippen molar-refractivity contribution in [1.82, 2.24) is 16.0 Å². The first kappa shape index (κ1) is 29.4. The predicted molar refractivity (Wildman–Crippen MR) is 132 cm³/mol. The van der Waals surface area contributed by atoms with E-state index in [-0.39, 0.29) is 31.3 Å². The fourth-order valence-corrected chi connectivity index (χ4v) is 3.25. The highest BCUT2D eigenvalue weighted by molar-refractivity contribution is 5.92. The molecule has 0 fully saturated rings. The molecule has 1 aromatic rings. The van der Waals surface area contributed by atoms with E-state index in [0.717, 1.165) is 5.56 Å².